The number of nitrogens with zero attached hydrogens (tertiary/aromatic N) is 3. The van der Waals surface area contributed by atoms with Gasteiger partial charge in [-0.05, 0) is 25.1 Å². The first-order valence-corrected chi connectivity index (χ1v) is 8.53. The smallest absolute Gasteiger partial charge is 0.328 e. The van der Waals surface area contributed by atoms with Gasteiger partial charge in [0.25, 0.3) is 0 Å². The first-order chi connectivity index (χ1) is 10.3. The largest absolute Gasteiger partial charge is 0.378 e. The number of hydrogen-bond donors (Lipinski definition) is 0. The summed E-state index contributed by atoms with van der Waals surface area (Å²) in [5, 5.41) is 0. The zero-order valence-corrected chi connectivity index (χ0v) is 13.6. The van der Waals surface area contributed by atoms with Crippen molar-refractivity contribution >= 4 is 21.1 Å². The van der Waals surface area contributed by atoms with Gasteiger partial charge < -0.3 is 4.74 Å². The summed E-state index contributed by atoms with van der Waals surface area (Å²) < 4.78 is 35.4. The van der Waals surface area contributed by atoms with E-state index in [2.05, 4.69) is 0 Å². The second-order valence-corrected chi connectivity index (χ2v) is 7.48. The van der Waals surface area contributed by atoms with Crippen LogP contribution in [0.2, 0.25) is 0 Å². The molecule has 2 heterocycles. The lowest BCUT2D eigenvalue weighted by Crippen LogP contribution is -2.46. The molecular weight excluding hydrogens is 306 g/mol. The van der Waals surface area contributed by atoms with Crippen LogP contribution < -0.4 is 5.69 Å². The zero-order chi connectivity index (χ0) is 16.1. The summed E-state index contributed by atoms with van der Waals surface area (Å²) in [6.45, 7) is 2.96. The van der Waals surface area contributed by atoms with Crippen LogP contribution in [0, 0.1) is 0 Å². The lowest BCUT2D eigenvalue weighted by atomic mass is 10.3. The highest BCUT2D eigenvalue weighted by Gasteiger charge is 2.31. The van der Waals surface area contributed by atoms with Crippen molar-refractivity contribution in [2.45, 2.75) is 17.9 Å². The number of rotatable bonds is 2. The third kappa shape index (κ3) is 2.18. The van der Waals surface area contributed by atoms with Gasteiger partial charge in [-0.25, -0.2) is 13.2 Å². The van der Waals surface area contributed by atoms with Gasteiger partial charge in [0.05, 0.1) is 29.1 Å². The van der Waals surface area contributed by atoms with Gasteiger partial charge in [0.2, 0.25) is 10.0 Å². The van der Waals surface area contributed by atoms with E-state index in [-0.39, 0.29) is 16.6 Å². The minimum Gasteiger partial charge on any atom is -0.378 e. The van der Waals surface area contributed by atoms with Gasteiger partial charge in [0.1, 0.15) is 0 Å². The molecule has 0 aliphatic carbocycles. The molecule has 1 fully saturated rings. The minimum absolute atomic E-state index is 0.177. The fourth-order valence-corrected chi connectivity index (χ4v) is 4.47. The predicted octanol–water partition coefficient (Wildman–Crippen LogP) is 0.286. The van der Waals surface area contributed by atoms with Gasteiger partial charge in [-0.1, -0.05) is 0 Å². The summed E-state index contributed by atoms with van der Waals surface area (Å²) in [6, 6.07) is 4.59. The Morgan fingerprint density at radius 2 is 1.86 bits per heavy atom. The van der Waals surface area contributed by atoms with Crippen LogP contribution in [0.1, 0.15) is 6.92 Å². The maximum absolute atomic E-state index is 12.8. The molecule has 1 aliphatic rings. The maximum Gasteiger partial charge on any atom is 0.328 e. The molecule has 0 amide bonds. The quantitative estimate of drug-likeness (QED) is 0.795. The van der Waals surface area contributed by atoms with Gasteiger partial charge in [0.15, 0.2) is 0 Å². The Morgan fingerprint density at radius 3 is 2.55 bits per heavy atom. The van der Waals surface area contributed by atoms with Crippen molar-refractivity contribution in [3.05, 3.63) is 28.7 Å². The molecule has 0 saturated carbocycles. The molecule has 7 nitrogen and oxygen atoms in total. The molecule has 0 radical (unpaired) electrons. The van der Waals surface area contributed by atoms with E-state index in [0.29, 0.717) is 30.8 Å². The van der Waals surface area contributed by atoms with E-state index in [4.69, 9.17) is 4.74 Å². The Morgan fingerprint density at radius 1 is 1.18 bits per heavy atom. The predicted molar refractivity (Wildman–Crippen MR) is 82.3 cm³/mol. The second kappa shape index (κ2) is 5.22. The van der Waals surface area contributed by atoms with Gasteiger partial charge in [-0.2, -0.15) is 4.31 Å². The van der Waals surface area contributed by atoms with Crippen LogP contribution >= 0.6 is 0 Å². The van der Waals surface area contributed by atoms with Crippen molar-refractivity contribution in [3.8, 4) is 0 Å². The molecule has 120 valence electrons. The van der Waals surface area contributed by atoms with Crippen LogP contribution in [-0.4, -0.2) is 47.7 Å². The van der Waals surface area contributed by atoms with E-state index in [1.807, 2.05) is 6.92 Å². The van der Waals surface area contributed by atoms with Crippen molar-refractivity contribution in [1.29, 1.82) is 0 Å². The van der Waals surface area contributed by atoms with Crippen LogP contribution in [-0.2, 0) is 28.9 Å². The maximum atomic E-state index is 12.8. The van der Waals surface area contributed by atoms with E-state index in [1.54, 1.807) is 32.3 Å². The van der Waals surface area contributed by atoms with Crippen molar-refractivity contribution in [1.82, 2.24) is 13.4 Å². The summed E-state index contributed by atoms with van der Waals surface area (Å²) in [7, 11) is -0.287. The standard InChI is InChI=1S/C14H19N3O4S/c1-10-9-21-7-6-17(10)22(19,20)11-4-5-12-13(8-11)16(3)14(18)15(12)2/h4-5,8,10H,6-7,9H2,1-3H3/t10-/m0/s1. The Hall–Kier alpha value is -1.64. The third-order valence-electron chi connectivity index (χ3n) is 4.16. The monoisotopic (exact) mass is 325 g/mol. The SMILES string of the molecule is C[C@H]1COCCN1S(=O)(=O)c1ccc2c(c1)n(C)c(=O)n2C. The topological polar surface area (TPSA) is 73.5 Å². The number of imidazole rings is 1. The number of benzene rings is 1. The second-order valence-electron chi connectivity index (χ2n) is 5.59. The number of aromatic nitrogens is 2. The Kier molecular flexibility index (Phi) is 3.62. The summed E-state index contributed by atoms with van der Waals surface area (Å²) in [6.07, 6.45) is 0. The first-order valence-electron chi connectivity index (χ1n) is 7.09. The fourth-order valence-electron chi connectivity index (χ4n) is 2.85. The van der Waals surface area contributed by atoms with Crippen molar-refractivity contribution in [3.63, 3.8) is 0 Å². The van der Waals surface area contributed by atoms with Crippen molar-refractivity contribution in [2.24, 2.45) is 14.1 Å². The Balaban J connectivity index is 2.13. The molecule has 2 aromatic rings. The van der Waals surface area contributed by atoms with Crippen LogP contribution in [0.25, 0.3) is 11.0 Å². The van der Waals surface area contributed by atoms with Gasteiger partial charge >= 0.3 is 5.69 Å². The lowest BCUT2D eigenvalue weighted by Gasteiger charge is -2.32. The van der Waals surface area contributed by atoms with Crippen LogP contribution in [0.5, 0.6) is 0 Å². The summed E-state index contributed by atoms with van der Waals surface area (Å²) in [4.78, 5) is 12.2. The molecule has 1 atom stereocenters. The number of morpholine rings is 1. The van der Waals surface area contributed by atoms with Crippen LogP contribution in [0.4, 0.5) is 0 Å². The number of fused-ring (bicyclic) bond motifs is 1. The fraction of sp³-hybridized carbons (Fsp3) is 0.500. The number of ether oxygens (including phenoxy) is 1. The van der Waals surface area contributed by atoms with Gasteiger partial charge in [-0.3, -0.25) is 9.13 Å². The average Bonchev–Trinajstić information content (AvgIpc) is 2.72. The van der Waals surface area contributed by atoms with E-state index < -0.39 is 10.0 Å². The normalized spacial score (nSPS) is 20.6. The highest BCUT2D eigenvalue weighted by Crippen LogP contribution is 2.23. The van der Waals surface area contributed by atoms with Gasteiger partial charge in [-0.15, -0.1) is 0 Å². The molecule has 3 rings (SSSR count). The molecular formula is C14H19N3O4S. The molecule has 0 N–H and O–H groups in total. The molecule has 0 unspecified atom stereocenters. The molecule has 1 saturated heterocycles. The molecule has 8 heteroatoms. The summed E-state index contributed by atoms with van der Waals surface area (Å²) >= 11 is 0. The minimum atomic E-state index is -3.59. The summed E-state index contributed by atoms with van der Waals surface area (Å²) in [5.74, 6) is 0. The van der Waals surface area contributed by atoms with Crippen LogP contribution in [0.15, 0.2) is 27.9 Å². The number of hydrogen-bond acceptors (Lipinski definition) is 4. The molecule has 1 aromatic heterocycles. The zero-order valence-electron chi connectivity index (χ0n) is 12.8. The molecule has 0 bridgehead atoms. The van der Waals surface area contributed by atoms with E-state index in [0.717, 1.165) is 0 Å². The van der Waals surface area contributed by atoms with E-state index in [9.17, 15) is 13.2 Å². The Labute approximate surface area is 128 Å². The molecule has 1 aliphatic heterocycles. The third-order valence-corrected chi connectivity index (χ3v) is 6.17. The van der Waals surface area contributed by atoms with Crippen molar-refractivity contribution < 1.29 is 13.2 Å². The lowest BCUT2D eigenvalue weighted by molar-refractivity contribution is 0.0393. The van der Waals surface area contributed by atoms with Gasteiger partial charge in [0, 0.05) is 26.7 Å². The highest BCUT2D eigenvalue weighted by molar-refractivity contribution is 7.89. The summed E-state index contributed by atoms with van der Waals surface area (Å²) in [5.41, 5.74) is 1.14. The average molecular weight is 325 g/mol. The Bertz CT molecular complexity index is 881. The van der Waals surface area contributed by atoms with E-state index >= 15 is 0 Å². The molecule has 0 spiro atoms. The molecule has 1 aromatic carbocycles. The number of sulfonamides is 1. The van der Waals surface area contributed by atoms with Crippen LogP contribution in [0.3, 0.4) is 0 Å². The highest BCUT2D eigenvalue weighted by atomic mass is 32.2. The van der Waals surface area contributed by atoms with Crippen molar-refractivity contribution in [2.75, 3.05) is 19.8 Å². The molecule has 22 heavy (non-hydrogen) atoms. The number of aryl methyl sites for hydroxylation is 2. The first kappa shape index (κ1) is 15.3. The van der Waals surface area contributed by atoms with E-state index in [1.165, 1.54) is 13.4 Å².